The molecule has 0 radical (unpaired) electrons. The Kier molecular flexibility index (Phi) is 3.86. The lowest BCUT2D eigenvalue weighted by molar-refractivity contribution is 0.446. The van der Waals surface area contributed by atoms with Gasteiger partial charge in [-0.1, -0.05) is 43.2 Å². The van der Waals surface area contributed by atoms with E-state index < -0.39 is 17.2 Å². The molecule has 2 nitrogen and oxygen atoms in total. The number of isocyanates is 1. The smallest absolute Gasteiger partial charge is 0.211 e. The lowest BCUT2D eigenvalue weighted by atomic mass is 9.86. The van der Waals surface area contributed by atoms with Gasteiger partial charge >= 0.3 is 0 Å². The zero-order valence-electron chi connectivity index (χ0n) is 12.0. The maximum Gasteiger partial charge on any atom is 0.235 e. The lowest BCUT2D eigenvalue weighted by Gasteiger charge is -2.24. The van der Waals surface area contributed by atoms with Crippen molar-refractivity contribution < 1.29 is 13.6 Å². The van der Waals surface area contributed by atoms with Crippen molar-refractivity contribution in [3.05, 3.63) is 59.7 Å². The van der Waals surface area contributed by atoms with E-state index >= 15 is 0 Å². The molecule has 22 heavy (non-hydrogen) atoms. The monoisotopic (exact) mass is 299 g/mol. The fourth-order valence-corrected chi connectivity index (χ4v) is 3.20. The Bertz CT molecular complexity index is 730. The summed E-state index contributed by atoms with van der Waals surface area (Å²) in [6.07, 6.45) is 4.72. The molecule has 4 heteroatoms. The zero-order valence-corrected chi connectivity index (χ0v) is 12.0. The van der Waals surface area contributed by atoms with Gasteiger partial charge in [0.1, 0.15) is 0 Å². The number of benzene rings is 2. The van der Waals surface area contributed by atoms with Crippen LogP contribution in [0.15, 0.2) is 47.5 Å². The Morgan fingerprint density at radius 3 is 2.36 bits per heavy atom. The van der Waals surface area contributed by atoms with Crippen LogP contribution in [-0.4, -0.2) is 6.08 Å². The predicted octanol–water partition coefficient (Wildman–Crippen LogP) is 4.74. The van der Waals surface area contributed by atoms with Crippen LogP contribution in [0.3, 0.4) is 0 Å². The third kappa shape index (κ3) is 2.46. The third-order valence-electron chi connectivity index (χ3n) is 4.34. The number of halogens is 2. The molecule has 1 aliphatic carbocycles. The molecule has 0 aliphatic heterocycles. The summed E-state index contributed by atoms with van der Waals surface area (Å²) in [7, 11) is 0. The summed E-state index contributed by atoms with van der Waals surface area (Å²) in [5.41, 5.74) is 0.581. The van der Waals surface area contributed by atoms with E-state index in [0.717, 1.165) is 18.9 Å². The number of hydrogen-bond donors (Lipinski definition) is 0. The predicted molar refractivity (Wildman–Crippen MR) is 80.1 cm³/mol. The van der Waals surface area contributed by atoms with Gasteiger partial charge in [-0.3, -0.25) is 0 Å². The van der Waals surface area contributed by atoms with Crippen molar-refractivity contribution in [3.63, 3.8) is 0 Å². The summed E-state index contributed by atoms with van der Waals surface area (Å²) >= 11 is 0. The Balaban J connectivity index is 2.18. The standard InChI is InChI=1S/C18H15F2NO/c19-16-11-14(18(21-12-22)8-4-5-9-18)10-15(17(16)20)13-6-2-1-3-7-13/h1-3,6-7,10-11H,4-5,8-9H2. The maximum absolute atomic E-state index is 14.2. The van der Waals surface area contributed by atoms with Gasteiger partial charge in [-0.25, -0.2) is 13.6 Å². The SMILES string of the molecule is O=C=NC1(c2cc(F)c(F)c(-c3ccccc3)c2)CCCC1. The van der Waals surface area contributed by atoms with E-state index in [-0.39, 0.29) is 5.56 Å². The van der Waals surface area contributed by atoms with Crippen LogP contribution in [0.25, 0.3) is 11.1 Å². The molecule has 0 N–H and O–H groups in total. The minimum Gasteiger partial charge on any atom is -0.211 e. The highest BCUT2D eigenvalue weighted by atomic mass is 19.2. The van der Waals surface area contributed by atoms with E-state index in [1.54, 1.807) is 36.4 Å². The van der Waals surface area contributed by atoms with Gasteiger partial charge in [-0.2, -0.15) is 4.99 Å². The van der Waals surface area contributed by atoms with Crippen LogP contribution in [0.5, 0.6) is 0 Å². The third-order valence-corrected chi connectivity index (χ3v) is 4.34. The normalized spacial score (nSPS) is 16.3. The van der Waals surface area contributed by atoms with Crippen LogP contribution in [0.4, 0.5) is 8.78 Å². The summed E-state index contributed by atoms with van der Waals surface area (Å²) in [6.45, 7) is 0. The fourth-order valence-electron chi connectivity index (χ4n) is 3.20. The van der Waals surface area contributed by atoms with Crippen LogP contribution >= 0.6 is 0 Å². The van der Waals surface area contributed by atoms with Gasteiger partial charge in [0.15, 0.2) is 11.6 Å². The Hall–Kier alpha value is -2.32. The zero-order chi connectivity index (χ0) is 15.6. The highest BCUT2D eigenvalue weighted by molar-refractivity contribution is 5.65. The van der Waals surface area contributed by atoms with Crippen molar-refractivity contribution in [2.24, 2.45) is 4.99 Å². The van der Waals surface area contributed by atoms with E-state index in [0.29, 0.717) is 24.0 Å². The van der Waals surface area contributed by atoms with Crippen molar-refractivity contribution in [2.45, 2.75) is 31.2 Å². The molecule has 1 saturated carbocycles. The van der Waals surface area contributed by atoms with Crippen molar-refractivity contribution in [1.82, 2.24) is 0 Å². The van der Waals surface area contributed by atoms with Gasteiger partial charge in [0.25, 0.3) is 0 Å². The van der Waals surface area contributed by atoms with Gasteiger partial charge in [-0.15, -0.1) is 0 Å². The lowest BCUT2D eigenvalue weighted by Crippen LogP contribution is -2.19. The molecule has 0 amide bonds. The first kappa shape index (κ1) is 14.6. The van der Waals surface area contributed by atoms with Gasteiger partial charge in [0.2, 0.25) is 6.08 Å². The Morgan fingerprint density at radius 1 is 1.05 bits per heavy atom. The van der Waals surface area contributed by atoms with Crippen LogP contribution in [0.1, 0.15) is 31.2 Å². The second kappa shape index (κ2) is 5.82. The van der Waals surface area contributed by atoms with E-state index in [4.69, 9.17) is 0 Å². The summed E-state index contributed by atoms with van der Waals surface area (Å²) in [4.78, 5) is 14.7. The molecule has 0 bridgehead atoms. The first-order valence-corrected chi connectivity index (χ1v) is 7.30. The van der Waals surface area contributed by atoms with E-state index in [1.165, 1.54) is 0 Å². The molecular weight excluding hydrogens is 284 g/mol. The second-order valence-corrected chi connectivity index (χ2v) is 5.63. The minimum atomic E-state index is -0.913. The number of nitrogens with zero attached hydrogens (tertiary/aromatic N) is 1. The van der Waals surface area contributed by atoms with Crippen LogP contribution in [0, 0.1) is 11.6 Å². The average Bonchev–Trinajstić information content (AvgIpc) is 3.01. The summed E-state index contributed by atoms with van der Waals surface area (Å²) < 4.78 is 28.3. The molecule has 1 fully saturated rings. The molecule has 0 unspecified atom stereocenters. The van der Waals surface area contributed by atoms with Crippen LogP contribution in [-0.2, 0) is 10.3 Å². The molecule has 3 rings (SSSR count). The van der Waals surface area contributed by atoms with E-state index in [9.17, 15) is 13.6 Å². The largest absolute Gasteiger partial charge is 0.235 e. The maximum atomic E-state index is 14.2. The molecule has 2 aromatic carbocycles. The topological polar surface area (TPSA) is 29.4 Å². The fraction of sp³-hybridized carbons (Fsp3) is 0.278. The van der Waals surface area contributed by atoms with Gasteiger partial charge < -0.3 is 0 Å². The molecular formula is C18H15F2NO. The van der Waals surface area contributed by atoms with Gasteiger partial charge in [0, 0.05) is 5.56 Å². The van der Waals surface area contributed by atoms with Crippen molar-refractivity contribution in [1.29, 1.82) is 0 Å². The number of carbonyl (C=O) groups excluding carboxylic acids is 1. The van der Waals surface area contributed by atoms with Crippen molar-refractivity contribution in [3.8, 4) is 11.1 Å². The average molecular weight is 299 g/mol. The summed E-state index contributed by atoms with van der Waals surface area (Å²) in [5.74, 6) is -1.79. The summed E-state index contributed by atoms with van der Waals surface area (Å²) in [5, 5.41) is 0. The van der Waals surface area contributed by atoms with Crippen LogP contribution in [0.2, 0.25) is 0 Å². The number of rotatable bonds is 3. The Labute approximate surface area is 127 Å². The molecule has 0 saturated heterocycles. The highest BCUT2D eigenvalue weighted by Gasteiger charge is 2.36. The first-order valence-electron chi connectivity index (χ1n) is 7.30. The quantitative estimate of drug-likeness (QED) is 0.594. The molecule has 2 aromatic rings. The molecule has 1 aliphatic rings. The van der Waals surface area contributed by atoms with E-state index in [2.05, 4.69) is 4.99 Å². The minimum absolute atomic E-state index is 0.197. The number of hydrogen-bond acceptors (Lipinski definition) is 2. The second-order valence-electron chi connectivity index (χ2n) is 5.63. The summed E-state index contributed by atoms with van der Waals surface area (Å²) in [6, 6.07) is 11.6. The molecule has 0 atom stereocenters. The molecule has 0 spiro atoms. The number of aliphatic imine (C=N–C) groups is 1. The Morgan fingerprint density at radius 2 is 1.73 bits per heavy atom. The first-order chi connectivity index (χ1) is 10.7. The van der Waals surface area contributed by atoms with Crippen LogP contribution < -0.4 is 0 Å². The molecule has 0 aromatic heterocycles. The molecule has 0 heterocycles. The molecule has 112 valence electrons. The van der Waals surface area contributed by atoms with Gasteiger partial charge in [0.05, 0.1) is 5.54 Å². The van der Waals surface area contributed by atoms with Gasteiger partial charge in [-0.05, 0) is 36.1 Å². The highest BCUT2D eigenvalue weighted by Crippen LogP contribution is 2.43. The van der Waals surface area contributed by atoms with E-state index in [1.807, 2.05) is 6.07 Å². The van der Waals surface area contributed by atoms with Crippen molar-refractivity contribution >= 4 is 6.08 Å². The van der Waals surface area contributed by atoms with Crippen molar-refractivity contribution in [2.75, 3.05) is 0 Å².